The molecule has 0 aliphatic heterocycles. The highest BCUT2D eigenvalue weighted by Gasteiger charge is 2.26. The standard InChI is InChI=1S/C6H14BFO4/c1-11-3-5(2-9)12-6(7,8)4-10/h5,9-10H,2-4,7H2,1H3/t5-,6-/m1/s1. The predicted molar refractivity (Wildman–Crippen MR) is 43.3 cm³/mol. The van der Waals surface area contributed by atoms with Crippen LogP contribution in [0.25, 0.3) is 0 Å². The van der Waals surface area contributed by atoms with Crippen LogP contribution < -0.4 is 0 Å². The van der Waals surface area contributed by atoms with Crippen LogP contribution in [0.3, 0.4) is 0 Å². The predicted octanol–water partition coefficient (Wildman–Crippen LogP) is -1.74. The highest BCUT2D eigenvalue weighted by Crippen LogP contribution is 2.10. The number of aliphatic hydroxyl groups is 2. The van der Waals surface area contributed by atoms with Crippen LogP contribution in [0.2, 0.25) is 0 Å². The third-order valence-electron chi connectivity index (χ3n) is 1.25. The van der Waals surface area contributed by atoms with Gasteiger partial charge in [0.05, 0.1) is 19.8 Å². The van der Waals surface area contributed by atoms with Gasteiger partial charge in [0.2, 0.25) is 0 Å². The Morgan fingerprint density at radius 2 is 2.17 bits per heavy atom. The highest BCUT2D eigenvalue weighted by molar-refractivity contribution is 6.13. The van der Waals surface area contributed by atoms with Gasteiger partial charge in [0, 0.05) is 7.11 Å². The fourth-order valence-corrected chi connectivity index (χ4v) is 0.695. The fraction of sp³-hybridized carbons (Fsp3) is 1.00. The molecule has 4 nitrogen and oxygen atoms in total. The van der Waals surface area contributed by atoms with Gasteiger partial charge in [0.15, 0.2) is 13.6 Å². The summed E-state index contributed by atoms with van der Waals surface area (Å²) < 4.78 is 22.3. The molecule has 0 bridgehead atoms. The molecule has 0 saturated heterocycles. The van der Waals surface area contributed by atoms with Crippen LogP contribution in [0, 0.1) is 0 Å². The second-order valence-electron chi connectivity index (χ2n) is 2.64. The van der Waals surface area contributed by atoms with Gasteiger partial charge in [-0.05, 0) is 0 Å². The number of halogens is 1. The van der Waals surface area contributed by atoms with E-state index in [0.717, 1.165) is 7.85 Å². The normalized spacial score (nSPS) is 18.7. The molecule has 0 aromatic heterocycles. The molecule has 0 aromatic rings. The zero-order valence-corrected chi connectivity index (χ0v) is 7.29. The summed E-state index contributed by atoms with van der Waals surface area (Å²) in [6.07, 6.45) is -0.739. The van der Waals surface area contributed by atoms with Crippen molar-refractivity contribution in [2.45, 2.75) is 11.9 Å². The van der Waals surface area contributed by atoms with Gasteiger partial charge in [0.25, 0.3) is 0 Å². The molecule has 0 aliphatic rings. The molecule has 72 valence electrons. The Balaban J connectivity index is 3.83. The summed E-state index contributed by atoms with van der Waals surface area (Å²) in [5.41, 5.74) is 0. The van der Waals surface area contributed by atoms with Gasteiger partial charge in [-0.1, -0.05) is 0 Å². The Morgan fingerprint density at radius 3 is 2.50 bits per heavy atom. The zero-order chi connectivity index (χ0) is 9.61. The molecular formula is C6H14BFO4. The SMILES string of the molecule is B[C@@](F)(CO)O[C@H](CO)COC. The van der Waals surface area contributed by atoms with Gasteiger partial charge >= 0.3 is 0 Å². The molecule has 2 N–H and O–H groups in total. The summed E-state index contributed by atoms with van der Waals surface area (Å²) in [7, 11) is 2.51. The van der Waals surface area contributed by atoms with E-state index in [2.05, 4.69) is 9.47 Å². The summed E-state index contributed by atoms with van der Waals surface area (Å²) in [5.74, 6) is -2.12. The number of ether oxygens (including phenoxy) is 2. The third-order valence-corrected chi connectivity index (χ3v) is 1.25. The first-order valence-corrected chi connectivity index (χ1v) is 3.63. The second kappa shape index (κ2) is 5.48. The maximum atomic E-state index is 12.9. The quantitative estimate of drug-likeness (QED) is 0.476. The first kappa shape index (κ1) is 11.8. The molecule has 0 fully saturated rings. The molecular weight excluding hydrogens is 166 g/mol. The number of hydrogen-bond donors (Lipinski definition) is 2. The Labute approximate surface area is 71.7 Å². The lowest BCUT2D eigenvalue weighted by Crippen LogP contribution is -2.39. The maximum absolute atomic E-state index is 12.9. The van der Waals surface area contributed by atoms with Crippen molar-refractivity contribution in [1.82, 2.24) is 0 Å². The Hall–Kier alpha value is -0.165. The summed E-state index contributed by atoms with van der Waals surface area (Å²) in [6.45, 7) is -0.990. The van der Waals surface area contributed by atoms with Crippen LogP contribution in [0.15, 0.2) is 0 Å². The van der Waals surface area contributed by atoms with Crippen molar-refractivity contribution >= 4 is 7.85 Å². The molecule has 0 aromatic carbocycles. The van der Waals surface area contributed by atoms with Crippen LogP contribution in [0.1, 0.15) is 0 Å². The smallest absolute Gasteiger partial charge is 0.190 e. The zero-order valence-electron chi connectivity index (χ0n) is 7.29. The van der Waals surface area contributed by atoms with Crippen LogP contribution >= 0.6 is 0 Å². The van der Waals surface area contributed by atoms with Gasteiger partial charge in [-0.2, -0.15) is 0 Å². The van der Waals surface area contributed by atoms with Gasteiger partial charge in [-0.3, -0.25) is 0 Å². The van der Waals surface area contributed by atoms with Crippen molar-refractivity contribution in [3.8, 4) is 0 Å². The Morgan fingerprint density at radius 1 is 1.58 bits per heavy atom. The van der Waals surface area contributed by atoms with E-state index in [1.807, 2.05) is 0 Å². The topological polar surface area (TPSA) is 58.9 Å². The monoisotopic (exact) mass is 180 g/mol. The maximum Gasteiger partial charge on any atom is 0.190 e. The Kier molecular flexibility index (Phi) is 5.40. The summed E-state index contributed by atoms with van der Waals surface area (Å²) in [4.78, 5) is 0. The van der Waals surface area contributed by atoms with Crippen molar-refractivity contribution in [2.24, 2.45) is 0 Å². The first-order valence-electron chi connectivity index (χ1n) is 3.63. The van der Waals surface area contributed by atoms with Crippen molar-refractivity contribution in [1.29, 1.82) is 0 Å². The molecule has 0 amide bonds. The molecule has 0 unspecified atom stereocenters. The van der Waals surface area contributed by atoms with E-state index < -0.39 is 18.5 Å². The minimum absolute atomic E-state index is 0.0933. The molecule has 0 spiro atoms. The number of aliphatic hydroxyl groups excluding tert-OH is 2. The first-order chi connectivity index (χ1) is 5.55. The summed E-state index contributed by atoms with van der Waals surface area (Å²) in [5, 5.41) is 17.1. The summed E-state index contributed by atoms with van der Waals surface area (Å²) >= 11 is 0. The van der Waals surface area contributed by atoms with Crippen molar-refractivity contribution < 1.29 is 24.1 Å². The van der Waals surface area contributed by atoms with Gasteiger partial charge in [-0.25, -0.2) is 4.39 Å². The van der Waals surface area contributed by atoms with E-state index in [4.69, 9.17) is 10.2 Å². The second-order valence-corrected chi connectivity index (χ2v) is 2.64. The lowest BCUT2D eigenvalue weighted by molar-refractivity contribution is -0.166. The van der Waals surface area contributed by atoms with E-state index in [1.54, 1.807) is 0 Å². The number of alkyl halides is 1. The average molecular weight is 180 g/mol. The molecule has 12 heavy (non-hydrogen) atoms. The lowest BCUT2D eigenvalue weighted by Gasteiger charge is -2.24. The third kappa shape index (κ3) is 4.66. The molecule has 0 rings (SSSR count). The van der Waals surface area contributed by atoms with Crippen LogP contribution in [-0.2, 0) is 9.47 Å². The molecule has 0 saturated carbocycles. The van der Waals surface area contributed by atoms with E-state index in [-0.39, 0.29) is 13.2 Å². The molecule has 0 radical (unpaired) electrons. The minimum atomic E-state index is -2.12. The number of methoxy groups -OCH3 is 1. The fourth-order valence-electron chi connectivity index (χ4n) is 0.695. The lowest BCUT2D eigenvalue weighted by atomic mass is 9.97. The van der Waals surface area contributed by atoms with Crippen molar-refractivity contribution in [3.63, 3.8) is 0 Å². The van der Waals surface area contributed by atoms with E-state index in [9.17, 15) is 4.39 Å². The largest absolute Gasteiger partial charge is 0.394 e. The molecule has 2 atom stereocenters. The van der Waals surface area contributed by atoms with Crippen LogP contribution in [0.4, 0.5) is 4.39 Å². The van der Waals surface area contributed by atoms with E-state index >= 15 is 0 Å². The van der Waals surface area contributed by atoms with E-state index in [1.165, 1.54) is 7.11 Å². The summed E-state index contributed by atoms with van der Waals surface area (Å²) in [6, 6.07) is 0. The van der Waals surface area contributed by atoms with Gasteiger partial charge in [-0.15, -0.1) is 0 Å². The van der Waals surface area contributed by atoms with Crippen molar-refractivity contribution in [2.75, 3.05) is 26.9 Å². The van der Waals surface area contributed by atoms with Crippen LogP contribution in [-0.4, -0.2) is 56.8 Å². The number of rotatable bonds is 6. The molecule has 6 heteroatoms. The molecule has 0 heterocycles. The minimum Gasteiger partial charge on any atom is -0.394 e. The Bertz CT molecular complexity index is 122. The van der Waals surface area contributed by atoms with Crippen LogP contribution in [0.5, 0.6) is 0 Å². The number of hydrogen-bond acceptors (Lipinski definition) is 4. The van der Waals surface area contributed by atoms with Gasteiger partial charge in [0.1, 0.15) is 6.10 Å². The van der Waals surface area contributed by atoms with Gasteiger partial charge < -0.3 is 19.7 Å². The van der Waals surface area contributed by atoms with Crippen molar-refractivity contribution in [3.05, 3.63) is 0 Å². The average Bonchev–Trinajstić information content (AvgIpc) is 2.03. The highest BCUT2D eigenvalue weighted by atomic mass is 19.2. The molecule has 0 aliphatic carbocycles. The van der Waals surface area contributed by atoms with E-state index in [0.29, 0.717) is 0 Å².